The zero-order valence-electron chi connectivity index (χ0n) is 20.1. The lowest BCUT2D eigenvalue weighted by atomic mass is 9.72. The maximum Gasteiger partial charge on any atom is 0.185 e. The molecule has 0 unspecified atom stereocenters. The fourth-order valence-corrected chi connectivity index (χ4v) is 6.28. The van der Waals surface area contributed by atoms with Gasteiger partial charge in [0.05, 0.1) is 12.1 Å². The molecule has 4 atom stereocenters. The zero-order chi connectivity index (χ0) is 25.5. The van der Waals surface area contributed by atoms with Crippen LogP contribution < -0.4 is 0 Å². The van der Waals surface area contributed by atoms with Crippen molar-refractivity contribution >= 4 is 11.9 Å². The summed E-state index contributed by atoms with van der Waals surface area (Å²) >= 11 is 0. The summed E-state index contributed by atoms with van der Waals surface area (Å²) in [5, 5.41) is 20.0. The smallest absolute Gasteiger partial charge is 0.185 e. The second kappa shape index (κ2) is 9.19. The van der Waals surface area contributed by atoms with Crippen LogP contribution in [0.1, 0.15) is 51.8 Å². The van der Waals surface area contributed by atoms with E-state index < -0.39 is 6.04 Å². The van der Waals surface area contributed by atoms with Gasteiger partial charge in [-0.2, -0.15) is 10.5 Å². The molecular formula is C32H24FN3O. The van der Waals surface area contributed by atoms with Crippen molar-refractivity contribution in [1.82, 2.24) is 4.90 Å². The Bertz CT molecular complexity index is 1490. The van der Waals surface area contributed by atoms with Gasteiger partial charge in [0, 0.05) is 23.6 Å². The molecule has 5 heteroatoms. The fraction of sp³-hybridized carbons (Fsp3) is 0.219. The molecule has 0 bridgehead atoms. The third-order valence-electron chi connectivity index (χ3n) is 7.92. The highest BCUT2D eigenvalue weighted by atomic mass is 19.1. The Balaban J connectivity index is 1.63. The van der Waals surface area contributed by atoms with Gasteiger partial charge in [-0.1, -0.05) is 66.7 Å². The van der Waals surface area contributed by atoms with Crippen molar-refractivity contribution < 1.29 is 9.18 Å². The van der Waals surface area contributed by atoms with Crippen LogP contribution in [-0.2, 0) is 0 Å². The van der Waals surface area contributed by atoms with Crippen LogP contribution in [-0.4, -0.2) is 16.7 Å². The third kappa shape index (κ3) is 3.85. The van der Waals surface area contributed by atoms with E-state index in [0.717, 1.165) is 35.1 Å². The van der Waals surface area contributed by atoms with E-state index in [1.54, 1.807) is 12.1 Å². The molecule has 0 spiro atoms. The van der Waals surface area contributed by atoms with Gasteiger partial charge in [0.25, 0.3) is 0 Å². The minimum atomic E-state index is -0.583. The van der Waals surface area contributed by atoms with Gasteiger partial charge in [-0.25, -0.2) is 4.39 Å². The first-order chi connectivity index (χ1) is 18.1. The molecule has 0 N–H and O–H groups in total. The maximum absolute atomic E-state index is 14.2. The van der Waals surface area contributed by atoms with Gasteiger partial charge >= 0.3 is 0 Å². The van der Waals surface area contributed by atoms with Crippen molar-refractivity contribution in [2.75, 3.05) is 0 Å². The third-order valence-corrected chi connectivity index (χ3v) is 7.92. The molecule has 0 aromatic heterocycles. The van der Waals surface area contributed by atoms with Crippen LogP contribution in [0.3, 0.4) is 0 Å². The number of ketones is 1. The standard InChI is InChI=1S/C32H24FN3O/c33-25-14-12-22(13-15-25)28-29(27(21-10-11-21)24(18-34)19-35)30-26-9-5-4-6-20(26)16-17-36(30)31(28)32(37)23-7-2-1-3-8-23/h1-9,12-17,21,28-31H,10-11H2/t28-,29+,30-,31-/m0/s1. The fourth-order valence-electron chi connectivity index (χ4n) is 6.28. The number of halogens is 1. The summed E-state index contributed by atoms with van der Waals surface area (Å²) in [6.07, 6.45) is 5.84. The highest BCUT2D eigenvalue weighted by molar-refractivity contribution is 6.01. The Morgan fingerprint density at radius 1 is 0.892 bits per heavy atom. The van der Waals surface area contributed by atoms with E-state index in [-0.39, 0.29) is 41.0 Å². The minimum absolute atomic E-state index is 0.0305. The van der Waals surface area contributed by atoms with Crippen LogP contribution in [0.5, 0.6) is 0 Å². The largest absolute Gasteiger partial charge is 0.359 e. The summed E-state index contributed by atoms with van der Waals surface area (Å²) in [4.78, 5) is 16.3. The van der Waals surface area contributed by atoms with Gasteiger partial charge < -0.3 is 4.90 Å². The highest BCUT2D eigenvalue weighted by Gasteiger charge is 2.56. The lowest BCUT2D eigenvalue weighted by molar-refractivity contribution is 0.0874. The first-order valence-electron chi connectivity index (χ1n) is 12.6. The lowest BCUT2D eigenvalue weighted by Gasteiger charge is -2.35. The average molecular weight is 486 g/mol. The molecule has 37 heavy (non-hydrogen) atoms. The van der Waals surface area contributed by atoms with Gasteiger partial charge in [-0.15, -0.1) is 0 Å². The normalized spacial score (nSPS) is 23.4. The van der Waals surface area contributed by atoms with Crippen LogP contribution in [0.15, 0.2) is 96.2 Å². The van der Waals surface area contributed by atoms with E-state index in [0.29, 0.717) is 5.56 Å². The number of hydrogen-bond acceptors (Lipinski definition) is 4. The number of rotatable bonds is 5. The first-order valence-corrected chi connectivity index (χ1v) is 12.6. The molecule has 0 amide bonds. The molecule has 3 aromatic carbocycles. The number of benzene rings is 3. The van der Waals surface area contributed by atoms with Crippen molar-refractivity contribution in [3.05, 3.63) is 124 Å². The summed E-state index contributed by atoms with van der Waals surface area (Å²) in [5.41, 5.74) is 4.53. The summed E-state index contributed by atoms with van der Waals surface area (Å²) in [5.74, 6) is -0.915. The van der Waals surface area contributed by atoms with E-state index in [4.69, 9.17) is 0 Å². The topological polar surface area (TPSA) is 67.9 Å². The molecule has 2 heterocycles. The quantitative estimate of drug-likeness (QED) is 0.303. The number of fused-ring (bicyclic) bond motifs is 3. The van der Waals surface area contributed by atoms with Crippen molar-refractivity contribution in [2.24, 2.45) is 11.8 Å². The van der Waals surface area contributed by atoms with Crippen LogP contribution in [0.2, 0.25) is 0 Å². The monoisotopic (exact) mass is 485 g/mol. The molecule has 1 saturated heterocycles. The summed E-state index contributed by atoms with van der Waals surface area (Å²) in [7, 11) is 0. The number of carbonyl (C=O) groups is 1. The molecule has 3 aromatic rings. The number of allylic oxidation sites excluding steroid dienone is 1. The second-order valence-corrected chi connectivity index (χ2v) is 9.94. The van der Waals surface area contributed by atoms with Gasteiger partial charge in [0.15, 0.2) is 5.78 Å². The van der Waals surface area contributed by atoms with Crippen LogP contribution in [0.25, 0.3) is 6.08 Å². The molecule has 3 aliphatic rings. The summed E-state index contributed by atoms with van der Waals surface area (Å²) in [6.45, 7) is 0. The zero-order valence-corrected chi connectivity index (χ0v) is 20.1. The SMILES string of the molecule is N#CC(C#N)=C(C1CC1)[C@@H]1[C@H](c2ccc(F)cc2)[C@@H](C(=O)c2ccccc2)N2C=Cc3ccccc3[C@@H]12. The Labute approximate surface area is 215 Å². The van der Waals surface area contributed by atoms with Crippen molar-refractivity contribution in [3.8, 4) is 12.1 Å². The van der Waals surface area contributed by atoms with E-state index in [1.807, 2.05) is 54.7 Å². The Hall–Kier alpha value is -4.48. The Morgan fingerprint density at radius 3 is 2.24 bits per heavy atom. The van der Waals surface area contributed by atoms with Crippen molar-refractivity contribution in [1.29, 1.82) is 10.5 Å². The molecule has 1 aliphatic carbocycles. The molecule has 1 saturated carbocycles. The number of hydrogen-bond donors (Lipinski definition) is 0. The van der Waals surface area contributed by atoms with Gasteiger partial charge in [0.2, 0.25) is 0 Å². The van der Waals surface area contributed by atoms with E-state index >= 15 is 0 Å². The molecule has 0 radical (unpaired) electrons. The predicted molar refractivity (Wildman–Crippen MR) is 138 cm³/mol. The van der Waals surface area contributed by atoms with E-state index in [2.05, 4.69) is 29.2 Å². The Morgan fingerprint density at radius 2 is 1.57 bits per heavy atom. The molecule has 2 aliphatic heterocycles. The van der Waals surface area contributed by atoms with E-state index in [1.165, 1.54) is 12.1 Å². The van der Waals surface area contributed by atoms with Crippen molar-refractivity contribution in [3.63, 3.8) is 0 Å². The van der Waals surface area contributed by atoms with E-state index in [9.17, 15) is 19.7 Å². The molecule has 4 nitrogen and oxygen atoms in total. The minimum Gasteiger partial charge on any atom is -0.359 e. The van der Waals surface area contributed by atoms with Gasteiger partial charge in [-0.3, -0.25) is 4.79 Å². The highest BCUT2D eigenvalue weighted by Crippen LogP contribution is 2.59. The molecule has 2 fully saturated rings. The van der Waals surface area contributed by atoms with Gasteiger partial charge in [0.1, 0.15) is 23.5 Å². The maximum atomic E-state index is 14.2. The van der Waals surface area contributed by atoms with Crippen molar-refractivity contribution in [2.45, 2.75) is 30.8 Å². The molecule has 6 rings (SSSR count). The lowest BCUT2D eigenvalue weighted by Crippen LogP contribution is -2.37. The molecule has 180 valence electrons. The predicted octanol–water partition coefficient (Wildman–Crippen LogP) is 6.57. The second-order valence-electron chi connectivity index (χ2n) is 9.94. The number of carbonyl (C=O) groups excluding carboxylic acids is 1. The number of Topliss-reactive ketones (excluding diaryl/α,β-unsaturated/α-hetero) is 1. The summed E-state index contributed by atoms with van der Waals surface area (Å²) in [6, 6.07) is 27.2. The number of nitrogens with zero attached hydrogens (tertiary/aromatic N) is 3. The summed E-state index contributed by atoms with van der Waals surface area (Å²) < 4.78 is 14.0. The Kier molecular flexibility index (Phi) is 5.70. The van der Waals surface area contributed by atoms with Crippen LogP contribution >= 0.6 is 0 Å². The van der Waals surface area contributed by atoms with Crippen LogP contribution in [0.4, 0.5) is 4.39 Å². The average Bonchev–Trinajstić information content (AvgIpc) is 3.72. The molecular weight excluding hydrogens is 461 g/mol. The van der Waals surface area contributed by atoms with Gasteiger partial charge in [-0.05, 0) is 59.2 Å². The number of nitriles is 2. The van der Waals surface area contributed by atoms with Crippen LogP contribution in [0, 0.1) is 40.3 Å². The first kappa shape index (κ1) is 23.0.